The molecule has 0 bridgehead atoms. The second-order valence-corrected chi connectivity index (χ2v) is 4.56. The minimum absolute atomic E-state index is 0.293. The van der Waals surface area contributed by atoms with Crippen LogP contribution in [0.3, 0.4) is 0 Å². The van der Waals surface area contributed by atoms with Gasteiger partial charge in [-0.3, -0.25) is 9.59 Å². The molecular formula is C15H20O4. The quantitative estimate of drug-likeness (QED) is 0.579. The van der Waals surface area contributed by atoms with Crippen molar-refractivity contribution in [2.75, 3.05) is 6.61 Å². The van der Waals surface area contributed by atoms with E-state index in [0.29, 0.717) is 25.9 Å². The number of carboxylic acids is 1. The molecule has 0 amide bonds. The molecule has 1 aromatic rings. The van der Waals surface area contributed by atoms with Crippen LogP contribution in [-0.4, -0.2) is 23.7 Å². The fourth-order valence-corrected chi connectivity index (χ4v) is 1.92. The van der Waals surface area contributed by atoms with Crippen LogP contribution < -0.4 is 0 Å². The summed E-state index contributed by atoms with van der Waals surface area (Å²) in [5, 5.41) is 9.19. The standard InChI is InChI=1S/C15H20O4/c1-12(16)19-10-6-5-9-14(15(17)18)11-13-7-3-2-4-8-13/h2-4,7-8,14H,5-6,9-11H2,1H3,(H,17,18). The molecule has 0 fully saturated rings. The Hall–Kier alpha value is -1.84. The van der Waals surface area contributed by atoms with Crippen molar-refractivity contribution in [1.29, 1.82) is 0 Å². The van der Waals surface area contributed by atoms with Gasteiger partial charge >= 0.3 is 11.9 Å². The number of hydrogen-bond donors (Lipinski definition) is 1. The lowest BCUT2D eigenvalue weighted by atomic mass is 9.94. The summed E-state index contributed by atoms with van der Waals surface area (Å²) in [6.07, 6.45) is 2.60. The first-order valence-electron chi connectivity index (χ1n) is 6.49. The molecule has 104 valence electrons. The molecule has 1 aromatic carbocycles. The van der Waals surface area contributed by atoms with Gasteiger partial charge in [0.05, 0.1) is 12.5 Å². The number of unbranched alkanes of at least 4 members (excludes halogenated alkanes) is 1. The molecule has 4 nitrogen and oxygen atoms in total. The normalized spacial score (nSPS) is 11.8. The van der Waals surface area contributed by atoms with Gasteiger partial charge in [0.25, 0.3) is 0 Å². The minimum Gasteiger partial charge on any atom is -0.481 e. The predicted molar refractivity (Wildman–Crippen MR) is 71.8 cm³/mol. The van der Waals surface area contributed by atoms with Crippen LogP contribution in [-0.2, 0) is 20.7 Å². The van der Waals surface area contributed by atoms with Gasteiger partial charge in [0.15, 0.2) is 0 Å². The van der Waals surface area contributed by atoms with Crippen molar-refractivity contribution in [3.63, 3.8) is 0 Å². The van der Waals surface area contributed by atoms with Gasteiger partial charge in [-0.05, 0) is 31.2 Å². The molecule has 4 heteroatoms. The fraction of sp³-hybridized carbons (Fsp3) is 0.467. The number of aliphatic carboxylic acids is 1. The third kappa shape index (κ3) is 6.60. The third-order valence-electron chi connectivity index (χ3n) is 2.93. The Bertz CT molecular complexity index is 400. The Morgan fingerprint density at radius 3 is 2.47 bits per heavy atom. The fourth-order valence-electron chi connectivity index (χ4n) is 1.92. The second kappa shape index (κ2) is 8.29. The third-order valence-corrected chi connectivity index (χ3v) is 2.93. The molecule has 19 heavy (non-hydrogen) atoms. The van der Waals surface area contributed by atoms with Crippen LogP contribution in [0.2, 0.25) is 0 Å². The lowest BCUT2D eigenvalue weighted by molar-refractivity contribution is -0.143. The van der Waals surface area contributed by atoms with Gasteiger partial charge in [-0.25, -0.2) is 0 Å². The van der Waals surface area contributed by atoms with Crippen molar-refractivity contribution < 1.29 is 19.4 Å². The molecule has 0 heterocycles. The van der Waals surface area contributed by atoms with E-state index in [-0.39, 0.29) is 11.9 Å². The average molecular weight is 264 g/mol. The summed E-state index contributed by atoms with van der Waals surface area (Å²) in [6, 6.07) is 9.62. The van der Waals surface area contributed by atoms with E-state index < -0.39 is 5.97 Å². The van der Waals surface area contributed by atoms with Crippen molar-refractivity contribution >= 4 is 11.9 Å². The summed E-state index contributed by atoms with van der Waals surface area (Å²) in [5.74, 6) is -1.44. The molecule has 0 saturated heterocycles. The highest BCUT2D eigenvalue weighted by molar-refractivity contribution is 5.70. The summed E-state index contributed by atoms with van der Waals surface area (Å²) in [4.78, 5) is 21.8. The maximum atomic E-state index is 11.2. The summed E-state index contributed by atoms with van der Waals surface area (Å²) < 4.78 is 4.82. The zero-order valence-electron chi connectivity index (χ0n) is 11.2. The van der Waals surface area contributed by atoms with Crippen molar-refractivity contribution in [2.45, 2.75) is 32.6 Å². The number of rotatable bonds is 8. The predicted octanol–water partition coefficient (Wildman–Crippen LogP) is 2.66. The molecule has 0 spiro atoms. The number of carbonyl (C=O) groups excluding carboxylic acids is 1. The Labute approximate surface area is 113 Å². The number of carbonyl (C=O) groups is 2. The van der Waals surface area contributed by atoms with Gasteiger partial charge in [-0.15, -0.1) is 0 Å². The molecular weight excluding hydrogens is 244 g/mol. The SMILES string of the molecule is CC(=O)OCCCCC(Cc1ccccc1)C(=O)O. The summed E-state index contributed by atoms with van der Waals surface area (Å²) >= 11 is 0. The van der Waals surface area contributed by atoms with Gasteiger partial charge in [-0.1, -0.05) is 30.3 Å². The van der Waals surface area contributed by atoms with Gasteiger partial charge < -0.3 is 9.84 Å². The Kier molecular flexibility index (Phi) is 6.64. The van der Waals surface area contributed by atoms with Crippen molar-refractivity contribution in [1.82, 2.24) is 0 Å². The van der Waals surface area contributed by atoms with E-state index in [1.54, 1.807) is 0 Å². The van der Waals surface area contributed by atoms with Crippen LogP contribution in [0.4, 0.5) is 0 Å². The van der Waals surface area contributed by atoms with Crippen LogP contribution in [0.25, 0.3) is 0 Å². The lowest BCUT2D eigenvalue weighted by Gasteiger charge is -2.12. The molecule has 0 aliphatic carbocycles. The number of ether oxygens (including phenoxy) is 1. The van der Waals surface area contributed by atoms with Crippen molar-refractivity contribution in [3.8, 4) is 0 Å². The van der Waals surface area contributed by atoms with E-state index in [2.05, 4.69) is 0 Å². The van der Waals surface area contributed by atoms with Gasteiger partial charge in [0.1, 0.15) is 0 Å². The van der Waals surface area contributed by atoms with Gasteiger partial charge in [-0.2, -0.15) is 0 Å². The highest BCUT2D eigenvalue weighted by Crippen LogP contribution is 2.15. The lowest BCUT2D eigenvalue weighted by Crippen LogP contribution is -2.16. The van der Waals surface area contributed by atoms with Crippen LogP contribution >= 0.6 is 0 Å². The summed E-state index contributed by atoms with van der Waals surface area (Å²) in [7, 11) is 0. The molecule has 0 radical (unpaired) electrons. The average Bonchev–Trinajstić information content (AvgIpc) is 2.37. The first kappa shape index (κ1) is 15.2. The number of carboxylic acid groups (broad SMARTS) is 1. The molecule has 1 rings (SSSR count). The first-order valence-corrected chi connectivity index (χ1v) is 6.49. The molecule has 0 aliphatic heterocycles. The Balaban J connectivity index is 2.33. The highest BCUT2D eigenvalue weighted by Gasteiger charge is 2.17. The van der Waals surface area contributed by atoms with Crippen LogP contribution in [0, 0.1) is 5.92 Å². The molecule has 0 saturated carbocycles. The van der Waals surface area contributed by atoms with E-state index in [4.69, 9.17) is 4.74 Å². The van der Waals surface area contributed by atoms with Crippen LogP contribution in [0.1, 0.15) is 31.7 Å². The monoisotopic (exact) mass is 264 g/mol. The van der Waals surface area contributed by atoms with E-state index >= 15 is 0 Å². The van der Waals surface area contributed by atoms with Gasteiger partial charge in [0.2, 0.25) is 0 Å². The number of benzene rings is 1. The van der Waals surface area contributed by atoms with E-state index in [1.165, 1.54) is 6.92 Å². The summed E-state index contributed by atoms with van der Waals surface area (Å²) in [6.45, 7) is 1.74. The zero-order valence-corrected chi connectivity index (χ0v) is 11.2. The molecule has 1 N–H and O–H groups in total. The zero-order chi connectivity index (χ0) is 14.1. The maximum Gasteiger partial charge on any atom is 0.306 e. The van der Waals surface area contributed by atoms with E-state index in [9.17, 15) is 14.7 Å². The number of hydrogen-bond acceptors (Lipinski definition) is 3. The molecule has 0 aromatic heterocycles. The summed E-state index contributed by atoms with van der Waals surface area (Å²) in [5.41, 5.74) is 1.04. The Morgan fingerprint density at radius 1 is 1.21 bits per heavy atom. The topological polar surface area (TPSA) is 63.6 Å². The van der Waals surface area contributed by atoms with Crippen molar-refractivity contribution in [2.24, 2.45) is 5.92 Å². The van der Waals surface area contributed by atoms with Gasteiger partial charge in [0, 0.05) is 6.92 Å². The Morgan fingerprint density at radius 2 is 1.89 bits per heavy atom. The molecule has 1 unspecified atom stereocenters. The van der Waals surface area contributed by atoms with Crippen LogP contribution in [0.15, 0.2) is 30.3 Å². The van der Waals surface area contributed by atoms with Crippen LogP contribution in [0.5, 0.6) is 0 Å². The molecule has 1 atom stereocenters. The molecule has 0 aliphatic rings. The number of esters is 1. The first-order chi connectivity index (χ1) is 9.09. The van der Waals surface area contributed by atoms with Crippen molar-refractivity contribution in [3.05, 3.63) is 35.9 Å². The van der Waals surface area contributed by atoms with E-state index in [0.717, 1.165) is 12.0 Å². The smallest absolute Gasteiger partial charge is 0.306 e. The highest BCUT2D eigenvalue weighted by atomic mass is 16.5. The largest absolute Gasteiger partial charge is 0.481 e. The minimum atomic E-state index is -0.767. The maximum absolute atomic E-state index is 11.2. The van der Waals surface area contributed by atoms with E-state index in [1.807, 2.05) is 30.3 Å². The second-order valence-electron chi connectivity index (χ2n) is 4.56.